The second-order valence-electron chi connectivity index (χ2n) is 4.52. The third-order valence-corrected chi connectivity index (χ3v) is 6.24. The Kier molecular flexibility index (Phi) is 2.92. The Labute approximate surface area is 93.8 Å². The number of hydrogen-bond donors (Lipinski definition) is 1. The van der Waals surface area contributed by atoms with Gasteiger partial charge in [-0.3, -0.25) is 0 Å². The molecule has 2 saturated carbocycles. The molecule has 0 aromatic carbocycles. The van der Waals surface area contributed by atoms with Gasteiger partial charge >= 0.3 is 0 Å². The standard InChI is InChI=1S/C9H16BrNO2S/c10-7-14(12,13)11-8-6-9(8)4-2-1-3-5-9/h8,11H,1-7H2. The molecule has 0 aliphatic heterocycles. The summed E-state index contributed by atoms with van der Waals surface area (Å²) in [6.07, 6.45) is 7.34. The SMILES string of the molecule is O=S(=O)(CBr)NC1CC12CCCCC2. The molecule has 2 aliphatic carbocycles. The summed E-state index contributed by atoms with van der Waals surface area (Å²) in [6, 6.07) is 0.227. The first-order chi connectivity index (χ1) is 6.58. The van der Waals surface area contributed by atoms with Crippen molar-refractivity contribution in [3.05, 3.63) is 0 Å². The lowest BCUT2D eigenvalue weighted by Crippen LogP contribution is -2.31. The maximum atomic E-state index is 11.3. The number of halogens is 1. The van der Waals surface area contributed by atoms with Crippen molar-refractivity contribution >= 4 is 26.0 Å². The predicted molar refractivity (Wildman–Crippen MR) is 59.8 cm³/mol. The zero-order chi connectivity index (χ0) is 10.2. The van der Waals surface area contributed by atoms with E-state index in [0.717, 1.165) is 6.42 Å². The molecule has 2 aliphatic rings. The van der Waals surface area contributed by atoms with E-state index in [4.69, 9.17) is 0 Å². The Hall–Kier alpha value is 0.390. The normalized spacial score (nSPS) is 30.5. The molecule has 0 aromatic heterocycles. The molecule has 0 saturated heterocycles. The highest BCUT2D eigenvalue weighted by Crippen LogP contribution is 2.56. The van der Waals surface area contributed by atoms with Crippen LogP contribution >= 0.6 is 15.9 Å². The van der Waals surface area contributed by atoms with E-state index in [1.807, 2.05) is 0 Å². The van der Waals surface area contributed by atoms with Crippen LogP contribution in [0.2, 0.25) is 0 Å². The zero-order valence-corrected chi connectivity index (χ0v) is 10.5. The highest BCUT2D eigenvalue weighted by atomic mass is 79.9. The van der Waals surface area contributed by atoms with Crippen LogP contribution in [0.15, 0.2) is 0 Å². The van der Waals surface area contributed by atoms with E-state index in [9.17, 15) is 8.42 Å². The fourth-order valence-corrected chi connectivity index (χ4v) is 3.80. The molecular weight excluding hydrogens is 266 g/mol. The second-order valence-corrected chi connectivity index (χ2v) is 7.58. The first-order valence-electron chi connectivity index (χ1n) is 5.14. The average molecular weight is 282 g/mol. The van der Waals surface area contributed by atoms with E-state index >= 15 is 0 Å². The van der Waals surface area contributed by atoms with Crippen molar-refractivity contribution in [3.63, 3.8) is 0 Å². The molecule has 0 heterocycles. The van der Waals surface area contributed by atoms with Crippen molar-refractivity contribution in [1.82, 2.24) is 4.72 Å². The third-order valence-electron chi connectivity index (χ3n) is 3.50. The van der Waals surface area contributed by atoms with Gasteiger partial charge in [0.05, 0.1) is 0 Å². The van der Waals surface area contributed by atoms with E-state index in [2.05, 4.69) is 20.7 Å². The van der Waals surface area contributed by atoms with Gasteiger partial charge in [0, 0.05) is 6.04 Å². The molecule has 0 radical (unpaired) electrons. The van der Waals surface area contributed by atoms with Gasteiger partial charge in [0.2, 0.25) is 10.0 Å². The molecule has 2 fully saturated rings. The van der Waals surface area contributed by atoms with E-state index in [1.165, 1.54) is 32.1 Å². The number of nitrogens with one attached hydrogen (secondary N) is 1. The van der Waals surface area contributed by atoms with Crippen LogP contribution in [0.3, 0.4) is 0 Å². The van der Waals surface area contributed by atoms with E-state index in [1.54, 1.807) is 0 Å². The largest absolute Gasteiger partial charge is 0.221 e. The molecule has 1 atom stereocenters. The van der Waals surface area contributed by atoms with Crippen LogP contribution in [0.1, 0.15) is 38.5 Å². The first kappa shape index (κ1) is 10.9. The highest BCUT2D eigenvalue weighted by Gasteiger charge is 2.54. The second kappa shape index (κ2) is 3.76. The Balaban J connectivity index is 1.92. The lowest BCUT2D eigenvalue weighted by molar-refractivity contribution is 0.321. The van der Waals surface area contributed by atoms with Crippen LogP contribution in [-0.4, -0.2) is 19.1 Å². The van der Waals surface area contributed by atoms with E-state index < -0.39 is 10.0 Å². The van der Waals surface area contributed by atoms with Gasteiger partial charge in [0.1, 0.15) is 4.66 Å². The molecule has 1 spiro atoms. The quantitative estimate of drug-likeness (QED) is 0.805. The smallest absolute Gasteiger partial charge is 0.212 e. The summed E-state index contributed by atoms with van der Waals surface area (Å²) < 4.78 is 25.4. The van der Waals surface area contributed by atoms with Gasteiger partial charge < -0.3 is 0 Å². The molecular formula is C9H16BrNO2S. The van der Waals surface area contributed by atoms with Crippen LogP contribution in [0.4, 0.5) is 0 Å². The zero-order valence-electron chi connectivity index (χ0n) is 8.13. The number of rotatable bonds is 3. The Morgan fingerprint density at radius 1 is 1.29 bits per heavy atom. The first-order valence-corrected chi connectivity index (χ1v) is 7.91. The molecule has 1 N–H and O–H groups in total. The van der Waals surface area contributed by atoms with Crippen LogP contribution in [0, 0.1) is 5.41 Å². The summed E-state index contributed by atoms with van der Waals surface area (Å²) in [5.74, 6) is 0. The topological polar surface area (TPSA) is 46.2 Å². The van der Waals surface area contributed by atoms with Crippen LogP contribution in [0.25, 0.3) is 0 Å². The summed E-state index contributed by atoms with van der Waals surface area (Å²) in [5.41, 5.74) is 0.341. The van der Waals surface area contributed by atoms with Gasteiger partial charge in [-0.2, -0.15) is 0 Å². The molecule has 5 heteroatoms. The van der Waals surface area contributed by atoms with Crippen molar-refractivity contribution in [2.45, 2.75) is 44.6 Å². The van der Waals surface area contributed by atoms with Crippen LogP contribution in [0.5, 0.6) is 0 Å². The molecule has 3 nitrogen and oxygen atoms in total. The molecule has 0 bridgehead atoms. The molecule has 2 rings (SSSR count). The minimum atomic E-state index is -3.06. The molecule has 82 valence electrons. The van der Waals surface area contributed by atoms with Gasteiger partial charge in [-0.05, 0) is 24.7 Å². The lowest BCUT2D eigenvalue weighted by atomic mass is 9.86. The molecule has 0 aromatic rings. The van der Waals surface area contributed by atoms with Gasteiger partial charge in [-0.25, -0.2) is 13.1 Å². The van der Waals surface area contributed by atoms with Gasteiger partial charge in [0.25, 0.3) is 0 Å². The summed E-state index contributed by atoms with van der Waals surface area (Å²) in [5, 5.41) is 0. The van der Waals surface area contributed by atoms with Crippen molar-refractivity contribution in [2.75, 3.05) is 4.66 Å². The number of hydrogen-bond acceptors (Lipinski definition) is 2. The predicted octanol–water partition coefficient (Wildman–Crippen LogP) is 1.98. The van der Waals surface area contributed by atoms with Crippen molar-refractivity contribution in [3.8, 4) is 0 Å². The summed E-state index contributed by atoms with van der Waals surface area (Å²) >= 11 is 2.99. The van der Waals surface area contributed by atoms with Crippen LogP contribution < -0.4 is 4.72 Å². The maximum absolute atomic E-state index is 11.3. The number of alkyl halides is 1. The Morgan fingerprint density at radius 2 is 1.93 bits per heavy atom. The van der Waals surface area contributed by atoms with Gasteiger partial charge in [-0.1, -0.05) is 35.2 Å². The van der Waals surface area contributed by atoms with Gasteiger partial charge in [-0.15, -0.1) is 0 Å². The molecule has 14 heavy (non-hydrogen) atoms. The summed E-state index contributed by atoms with van der Waals surface area (Å²) in [7, 11) is -3.06. The lowest BCUT2D eigenvalue weighted by Gasteiger charge is -2.22. The fraction of sp³-hybridized carbons (Fsp3) is 1.00. The summed E-state index contributed by atoms with van der Waals surface area (Å²) in [6.45, 7) is 0. The van der Waals surface area contributed by atoms with Crippen molar-refractivity contribution in [1.29, 1.82) is 0 Å². The Bertz CT molecular complexity index is 309. The number of sulfonamides is 1. The van der Waals surface area contributed by atoms with E-state index in [-0.39, 0.29) is 10.7 Å². The maximum Gasteiger partial charge on any atom is 0.221 e. The summed E-state index contributed by atoms with van der Waals surface area (Å²) in [4.78, 5) is 0. The van der Waals surface area contributed by atoms with E-state index in [0.29, 0.717) is 5.41 Å². The average Bonchev–Trinajstić information content (AvgIpc) is 2.78. The van der Waals surface area contributed by atoms with Crippen LogP contribution in [-0.2, 0) is 10.0 Å². The van der Waals surface area contributed by atoms with Crippen molar-refractivity contribution < 1.29 is 8.42 Å². The highest BCUT2D eigenvalue weighted by molar-refractivity contribution is 9.10. The molecule has 1 unspecified atom stereocenters. The molecule has 0 amide bonds. The monoisotopic (exact) mass is 281 g/mol. The Morgan fingerprint density at radius 3 is 2.50 bits per heavy atom. The third kappa shape index (κ3) is 2.14. The minimum Gasteiger partial charge on any atom is -0.212 e. The fourth-order valence-electron chi connectivity index (χ4n) is 2.57. The van der Waals surface area contributed by atoms with Crippen molar-refractivity contribution in [2.24, 2.45) is 5.41 Å². The minimum absolute atomic E-state index is 0.0204. The van der Waals surface area contributed by atoms with Gasteiger partial charge in [0.15, 0.2) is 0 Å².